The first-order valence-corrected chi connectivity index (χ1v) is 6.28. The molecule has 0 aromatic heterocycles. The number of azide groups is 1. The van der Waals surface area contributed by atoms with Crippen LogP contribution < -0.4 is 0 Å². The van der Waals surface area contributed by atoms with Gasteiger partial charge in [-0.05, 0) is 51.9 Å². The van der Waals surface area contributed by atoms with Gasteiger partial charge in [0, 0.05) is 10.5 Å². The summed E-state index contributed by atoms with van der Waals surface area (Å²) in [5.41, 5.74) is 8.99. The lowest BCUT2D eigenvalue weighted by Crippen LogP contribution is -1.99. The van der Waals surface area contributed by atoms with Gasteiger partial charge in [-0.3, -0.25) is 0 Å². The Balaban J connectivity index is 2.74. The van der Waals surface area contributed by atoms with Crippen molar-refractivity contribution < 1.29 is 8.78 Å². The summed E-state index contributed by atoms with van der Waals surface area (Å²) in [7, 11) is 0. The Hall–Kier alpha value is -1.39. The Labute approximate surface area is 111 Å². The van der Waals surface area contributed by atoms with Crippen molar-refractivity contribution in [1.29, 1.82) is 0 Å². The van der Waals surface area contributed by atoms with Crippen LogP contribution in [0, 0.1) is 17.6 Å². The van der Waals surface area contributed by atoms with Crippen LogP contribution in [0.3, 0.4) is 0 Å². The molecule has 18 heavy (non-hydrogen) atoms. The van der Waals surface area contributed by atoms with Gasteiger partial charge in [0.05, 0.1) is 10.2 Å². The highest BCUT2D eigenvalue weighted by atomic mass is 79.9. The third-order valence-electron chi connectivity index (χ3n) is 3.07. The van der Waals surface area contributed by atoms with Crippen LogP contribution in [-0.4, -0.2) is 0 Å². The van der Waals surface area contributed by atoms with Crippen LogP contribution in [0.1, 0.15) is 25.3 Å². The fourth-order valence-corrected chi connectivity index (χ4v) is 2.58. The smallest absolute Gasteiger partial charge is 0.145 e. The molecule has 0 spiro atoms. The van der Waals surface area contributed by atoms with Gasteiger partial charge in [0.15, 0.2) is 0 Å². The summed E-state index contributed by atoms with van der Waals surface area (Å²) in [4.78, 5) is 2.57. The lowest BCUT2D eigenvalue weighted by Gasteiger charge is -2.14. The summed E-state index contributed by atoms with van der Waals surface area (Å²) in [6.45, 7) is 1.94. The zero-order chi connectivity index (χ0) is 13.3. The van der Waals surface area contributed by atoms with E-state index in [4.69, 9.17) is 5.53 Å². The molecular formula is C12H10BrF2N3. The number of allylic oxidation sites excluding steroid dienone is 2. The second-order valence-corrected chi connectivity index (χ2v) is 5.06. The van der Waals surface area contributed by atoms with Crippen LogP contribution >= 0.6 is 15.9 Å². The van der Waals surface area contributed by atoms with E-state index >= 15 is 0 Å². The average Bonchev–Trinajstić information content (AvgIpc) is 2.73. The maximum Gasteiger partial charge on any atom is 0.145 e. The highest BCUT2D eigenvalue weighted by Gasteiger charge is 2.25. The van der Waals surface area contributed by atoms with Crippen LogP contribution in [-0.2, 0) is 0 Å². The van der Waals surface area contributed by atoms with E-state index in [9.17, 15) is 8.78 Å². The van der Waals surface area contributed by atoms with Crippen molar-refractivity contribution in [2.45, 2.75) is 19.8 Å². The van der Waals surface area contributed by atoms with Crippen molar-refractivity contribution in [3.63, 3.8) is 0 Å². The fraction of sp³-hybridized carbons (Fsp3) is 0.333. The molecule has 1 aromatic rings. The first kappa shape index (κ1) is 13.1. The van der Waals surface area contributed by atoms with Crippen LogP contribution in [0.4, 0.5) is 14.5 Å². The van der Waals surface area contributed by atoms with E-state index in [0.29, 0.717) is 5.57 Å². The van der Waals surface area contributed by atoms with E-state index < -0.39 is 11.6 Å². The molecular weight excluding hydrogens is 304 g/mol. The molecule has 0 saturated heterocycles. The standard InChI is InChI=1S/C12H10BrF2N3/c1-6-3-2-4-7(6)10-11(15)8(13)5-9(14)12(10)17-18-16/h4-6H,2-3H2,1H3. The van der Waals surface area contributed by atoms with Crippen molar-refractivity contribution in [3.05, 3.63) is 44.3 Å². The quantitative estimate of drug-likeness (QED) is 0.300. The molecule has 1 atom stereocenters. The number of hydrogen-bond acceptors (Lipinski definition) is 1. The summed E-state index contributed by atoms with van der Waals surface area (Å²) < 4.78 is 28.0. The maximum atomic E-state index is 14.2. The molecule has 6 heteroatoms. The molecule has 1 aromatic carbocycles. The lowest BCUT2D eigenvalue weighted by molar-refractivity contribution is 0.589. The zero-order valence-electron chi connectivity index (χ0n) is 9.62. The van der Waals surface area contributed by atoms with Gasteiger partial charge < -0.3 is 0 Å². The topological polar surface area (TPSA) is 48.8 Å². The molecule has 94 valence electrons. The van der Waals surface area contributed by atoms with Crippen LogP contribution in [0.25, 0.3) is 16.0 Å². The second kappa shape index (κ2) is 5.08. The predicted octanol–water partition coefficient (Wildman–Crippen LogP) is 5.48. The van der Waals surface area contributed by atoms with Gasteiger partial charge >= 0.3 is 0 Å². The Bertz CT molecular complexity index is 577. The summed E-state index contributed by atoms with van der Waals surface area (Å²) in [6, 6.07) is 0.975. The maximum absolute atomic E-state index is 14.2. The molecule has 0 saturated carbocycles. The summed E-state index contributed by atoms with van der Waals surface area (Å²) in [5, 5.41) is 3.29. The highest BCUT2D eigenvalue weighted by Crippen LogP contribution is 2.42. The normalized spacial score (nSPS) is 18.4. The van der Waals surface area contributed by atoms with Crippen molar-refractivity contribution >= 4 is 27.2 Å². The molecule has 0 heterocycles. The number of nitrogens with zero attached hydrogens (tertiary/aromatic N) is 3. The molecule has 0 bridgehead atoms. The van der Waals surface area contributed by atoms with E-state index in [1.165, 1.54) is 0 Å². The van der Waals surface area contributed by atoms with E-state index in [-0.39, 0.29) is 21.6 Å². The fourth-order valence-electron chi connectivity index (χ4n) is 2.19. The van der Waals surface area contributed by atoms with Gasteiger partial charge in [0.1, 0.15) is 11.6 Å². The zero-order valence-corrected chi connectivity index (χ0v) is 11.2. The van der Waals surface area contributed by atoms with Gasteiger partial charge in [0.2, 0.25) is 0 Å². The Morgan fingerprint density at radius 3 is 2.78 bits per heavy atom. The number of benzene rings is 1. The molecule has 2 rings (SSSR count). The minimum atomic E-state index is -0.726. The Kier molecular flexibility index (Phi) is 3.68. The molecule has 0 amide bonds. The van der Waals surface area contributed by atoms with E-state index in [2.05, 4.69) is 26.0 Å². The van der Waals surface area contributed by atoms with E-state index in [1.807, 2.05) is 13.0 Å². The van der Waals surface area contributed by atoms with Crippen molar-refractivity contribution in [2.75, 3.05) is 0 Å². The van der Waals surface area contributed by atoms with Crippen LogP contribution in [0.15, 0.2) is 21.7 Å². The number of hydrogen-bond donors (Lipinski definition) is 0. The van der Waals surface area contributed by atoms with Crippen molar-refractivity contribution in [3.8, 4) is 0 Å². The van der Waals surface area contributed by atoms with Crippen LogP contribution in [0.5, 0.6) is 0 Å². The minimum Gasteiger partial charge on any atom is -0.206 e. The Morgan fingerprint density at radius 1 is 1.50 bits per heavy atom. The van der Waals surface area contributed by atoms with Gasteiger partial charge in [-0.25, -0.2) is 8.78 Å². The van der Waals surface area contributed by atoms with Gasteiger partial charge in [-0.2, -0.15) is 0 Å². The van der Waals surface area contributed by atoms with Crippen molar-refractivity contribution in [2.24, 2.45) is 11.0 Å². The Morgan fingerprint density at radius 2 is 2.22 bits per heavy atom. The average molecular weight is 314 g/mol. The largest absolute Gasteiger partial charge is 0.206 e. The molecule has 1 aliphatic carbocycles. The molecule has 3 nitrogen and oxygen atoms in total. The minimum absolute atomic E-state index is 0.0342. The van der Waals surface area contributed by atoms with E-state index in [0.717, 1.165) is 18.9 Å². The molecule has 0 aliphatic heterocycles. The predicted molar refractivity (Wildman–Crippen MR) is 69.2 cm³/mol. The molecule has 0 N–H and O–H groups in total. The summed E-state index contributed by atoms with van der Waals surface area (Å²) >= 11 is 2.97. The lowest BCUT2D eigenvalue weighted by atomic mass is 9.95. The van der Waals surface area contributed by atoms with Gasteiger partial charge in [0.25, 0.3) is 0 Å². The number of halogens is 3. The monoisotopic (exact) mass is 313 g/mol. The second-order valence-electron chi connectivity index (χ2n) is 4.21. The third kappa shape index (κ3) is 2.13. The first-order valence-electron chi connectivity index (χ1n) is 5.49. The molecule has 1 unspecified atom stereocenters. The molecule has 0 fully saturated rings. The van der Waals surface area contributed by atoms with Crippen LogP contribution in [0.2, 0.25) is 0 Å². The summed E-state index contributed by atoms with van der Waals surface area (Å²) in [5.74, 6) is -1.18. The third-order valence-corrected chi connectivity index (χ3v) is 3.65. The van der Waals surface area contributed by atoms with Gasteiger partial charge in [-0.1, -0.05) is 18.1 Å². The summed E-state index contributed by atoms with van der Waals surface area (Å²) in [6.07, 6.45) is 3.57. The SMILES string of the molecule is CC1CCC=C1c1c(F)c(Br)cc(F)c1N=[N+]=[N-]. The molecule has 0 radical (unpaired) electrons. The van der Waals surface area contributed by atoms with E-state index in [1.54, 1.807) is 0 Å². The van der Waals surface area contributed by atoms with Gasteiger partial charge in [-0.15, -0.1) is 0 Å². The van der Waals surface area contributed by atoms with Crippen molar-refractivity contribution in [1.82, 2.24) is 0 Å². The molecule has 1 aliphatic rings. The number of rotatable bonds is 2. The highest BCUT2D eigenvalue weighted by molar-refractivity contribution is 9.10. The first-order chi connectivity index (χ1) is 8.56.